The number of carbonyl (C=O) groups excluding carboxylic acids is 1. The van der Waals surface area contributed by atoms with Crippen molar-refractivity contribution in [3.63, 3.8) is 0 Å². The van der Waals surface area contributed by atoms with Crippen molar-refractivity contribution in [2.75, 3.05) is 13.2 Å². The van der Waals surface area contributed by atoms with E-state index in [2.05, 4.69) is 10.3 Å². The van der Waals surface area contributed by atoms with Crippen molar-refractivity contribution in [2.24, 2.45) is 0 Å². The minimum Gasteiger partial charge on any atom is -0.491 e. The van der Waals surface area contributed by atoms with Crippen LogP contribution in [0.5, 0.6) is 5.75 Å². The van der Waals surface area contributed by atoms with Gasteiger partial charge in [-0.15, -0.1) is 0 Å². The molecule has 0 saturated heterocycles. The minimum absolute atomic E-state index is 0.0954. The average molecular weight is 254 g/mol. The number of hydrogen-bond acceptors (Lipinski definition) is 3. The van der Waals surface area contributed by atoms with E-state index in [0.29, 0.717) is 24.5 Å². The largest absolute Gasteiger partial charge is 0.491 e. The van der Waals surface area contributed by atoms with Crippen molar-refractivity contribution in [1.82, 2.24) is 10.3 Å². The standard InChI is InChI=1S/C15H14N2O2/c1-10-4-5-16-13(8-10)11-2-3-14-12(9-11)15(18)17-6-7-19-14/h2-5,8-9H,6-7H2,1H3,(H,17,18). The summed E-state index contributed by atoms with van der Waals surface area (Å²) in [7, 11) is 0. The van der Waals surface area contributed by atoms with E-state index >= 15 is 0 Å². The molecule has 0 spiro atoms. The molecule has 0 unspecified atom stereocenters. The first-order valence-electron chi connectivity index (χ1n) is 6.22. The number of nitrogens with one attached hydrogen (secondary N) is 1. The zero-order valence-corrected chi connectivity index (χ0v) is 10.6. The third-order valence-corrected chi connectivity index (χ3v) is 3.08. The molecule has 0 saturated carbocycles. The molecule has 19 heavy (non-hydrogen) atoms. The predicted molar refractivity (Wildman–Crippen MR) is 72.2 cm³/mol. The van der Waals surface area contributed by atoms with Gasteiger partial charge in [0.15, 0.2) is 0 Å². The van der Waals surface area contributed by atoms with Crippen LogP contribution in [0.15, 0.2) is 36.5 Å². The Morgan fingerprint density at radius 3 is 3.00 bits per heavy atom. The van der Waals surface area contributed by atoms with E-state index < -0.39 is 0 Å². The van der Waals surface area contributed by atoms with Gasteiger partial charge >= 0.3 is 0 Å². The lowest BCUT2D eigenvalue weighted by atomic mass is 10.0. The number of ether oxygens (including phenoxy) is 1. The Kier molecular flexibility index (Phi) is 2.91. The van der Waals surface area contributed by atoms with Crippen LogP contribution < -0.4 is 10.1 Å². The Morgan fingerprint density at radius 1 is 1.26 bits per heavy atom. The molecule has 0 aliphatic carbocycles. The van der Waals surface area contributed by atoms with Gasteiger partial charge in [0.1, 0.15) is 12.4 Å². The molecule has 0 radical (unpaired) electrons. The monoisotopic (exact) mass is 254 g/mol. The summed E-state index contributed by atoms with van der Waals surface area (Å²) < 4.78 is 5.53. The van der Waals surface area contributed by atoms with Gasteiger partial charge in [-0.3, -0.25) is 9.78 Å². The highest BCUT2D eigenvalue weighted by Crippen LogP contribution is 2.27. The maximum absolute atomic E-state index is 11.9. The second-order valence-corrected chi connectivity index (χ2v) is 4.53. The Hall–Kier alpha value is -2.36. The molecule has 0 atom stereocenters. The topological polar surface area (TPSA) is 51.2 Å². The molecule has 1 N–H and O–H groups in total. The third-order valence-electron chi connectivity index (χ3n) is 3.08. The van der Waals surface area contributed by atoms with Gasteiger partial charge < -0.3 is 10.1 Å². The average Bonchev–Trinajstić information content (AvgIpc) is 2.61. The maximum Gasteiger partial charge on any atom is 0.255 e. The normalized spacial score (nSPS) is 14.1. The molecule has 4 heteroatoms. The van der Waals surface area contributed by atoms with Gasteiger partial charge in [0, 0.05) is 11.8 Å². The molecule has 0 bridgehead atoms. The lowest BCUT2D eigenvalue weighted by molar-refractivity contribution is 0.0957. The van der Waals surface area contributed by atoms with Gasteiger partial charge in [-0.05, 0) is 42.8 Å². The van der Waals surface area contributed by atoms with Gasteiger partial charge in [0.2, 0.25) is 0 Å². The molecule has 1 aromatic carbocycles. The second-order valence-electron chi connectivity index (χ2n) is 4.53. The van der Waals surface area contributed by atoms with Crippen LogP contribution in [0.3, 0.4) is 0 Å². The summed E-state index contributed by atoms with van der Waals surface area (Å²) in [4.78, 5) is 16.3. The Balaban J connectivity index is 2.08. The van der Waals surface area contributed by atoms with Crippen molar-refractivity contribution < 1.29 is 9.53 Å². The molecular formula is C15H14N2O2. The molecule has 2 aromatic rings. The van der Waals surface area contributed by atoms with E-state index in [0.717, 1.165) is 16.8 Å². The van der Waals surface area contributed by atoms with Crippen LogP contribution in [0, 0.1) is 6.92 Å². The number of rotatable bonds is 1. The summed E-state index contributed by atoms with van der Waals surface area (Å²) in [5.74, 6) is 0.536. The second kappa shape index (κ2) is 4.72. The molecule has 1 aliphatic rings. The Labute approximate surface area is 111 Å². The predicted octanol–water partition coefficient (Wildman–Crippen LogP) is 2.18. The number of fused-ring (bicyclic) bond motifs is 1. The number of nitrogens with zero attached hydrogens (tertiary/aromatic N) is 1. The van der Waals surface area contributed by atoms with E-state index in [1.807, 2.05) is 37.3 Å². The summed E-state index contributed by atoms with van der Waals surface area (Å²) in [6.45, 7) is 3.05. The van der Waals surface area contributed by atoms with E-state index in [4.69, 9.17) is 4.74 Å². The number of carbonyl (C=O) groups is 1. The first-order chi connectivity index (χ1) is 9.24. The number of amides is 1. The molecule has 3 rings (SSSR count). The summed E-state index contributed by atoms with van der Waals surface area (Å²) in [5, 5.41) is 2.81. The van der Waals surface area contributed by atoms with Gasteiger partial charge in [0.05, 0.1) is 17.8 Å². The summed E-state index contributed by atoms with van der Waals surface area (Å²) in [6, 6.07) is 9.54. The van der Waals surface area contributed by atoms with Gasteiger partial charge in [-0.1, -0.05) is 0 Å². The highest BCUT2D eigenvalue weighted by Gasteiger charge is 2.17. The first-order valence-corrected chi connectivity index (χ1v) is 6.22. The van der Waals surface area contributed by atoms with Crippen LogP contribution in [-0.2, 0) is 0 Å². The first kappa shape index (κ1) is 11.7. The minimum atomic E-state index is -0.0954. The number of aromatic nitrogens is 1. The number of aryl methyl sites for hydroxylation is 1. The fourth-order valence-electron chi connectivity index (χ4n) is 2.11. The summed E-state index contributed by atoms with van der Waals surface area (Å²) >= 11 is 0. The molecular weight excluding hydrogens is 240 g/mol. The number of hydrogen-bond donors (Lipinski definition) is 1. The van der Waals surface area contributed by atoms with Crippen LogP contribution in [0.25, 0.3) is 11.3 Å². The number of pyridine rings is 1. The molecule has 0 fully saturated rings. The van der Waals surface area contributed by atoms with E-state index in [-0.39, 0.29) is 5.91 Å². The SMILES string of the molecule is Cc1ccnc(-c2ccc3c(c2)C(=O)NCCO3)c1. The third kappa shape index (κ3) is 2.29. The zero-order chi connectivity index (χ0) is 13.2. The highest BCUT2D eigenvalue weighted by molar-refractivity contribution is 5.98. The van der Waals surface area contributed by atoms with Crippen LogP contribution in [0.2, 0.25) is 0 Å². The van der Waals surface area contributed by atoms with E-state index in [1.54, 1.807) is 6.20 Å². The quantitative estimate of drug-likeness (QED) is 0.848. The lowest BCUT2D eigenvalue weighted by Gasteiger charge is -2.08. The van der Waals surface area contributed by atoms with Crippen LogP contribution in [-0.4, -0.2) is 24.0 Å². The molecule has 1 amide bonds. The fraction of sp³-hybridized carbons (Fsp3) is 0.200. The Bertz CT molecular complexity index is 638. The van der Waals surface area contributed by atoms with Crippen molar-refractivity contribution in [2.45, 2.75) is 6.92 Å². The van der Waals surface area contributed by atoms with Crippen LogP contribution >= 0.6 is 0 Å². The van der Waals surface area contributed by atoms with Crippen molar-refractivity contribution >= 4 is 5.91 Å². The smallest absolute Gasteiger partial charge is 0.255 e. The van der Waals surface area contributed by atoms with Crippen LogP contribution in [0.4, 0.5) is 0 Å². The number of benzene rings is 1. The van der Waals surface area contributed by atoms with E-state index in [9.17, 15) is 4.79 Å². The summed E-state index contributed by atoms with van der Waals surface area (Å²) in [6.07, 6.45) is 1.77. The van der Waals surface area contributed by atoms with Crippen molar-refractivity contribution in [3.05, 3.63) is 47.7 Å². The molecule has 96 valence electrons. The molecule has 2 heterocycles. The summed E-state index contributed by atoms with van der Waals surface area (Å²) in [5.41, 5.74) is 3.49. The molecule has 4 nitrogen and oxygen atoms in total. The van der Waals surface area contributed by atoms with Crippen LogP contribution in [0.1, 0.15) is 15.9 Å². The highest BCUT2D eigenvalue weighted by atomic mass is 16.5. The van der Waals surface area contributed by atoms with Crippen molar-refractivity contribution in [1.29, 1.82) is 0 Å². The maximum atomic E-state index is 11.9. The lowest BCUT2D eigenvalue weighted by Crippen LogP contribution is -2.24. The van der Waals surface area contributed by atoms with Gasteiger partial charge in [-0.25, -0.2) is 0 Å². The van der Waals surface area contributed by atoms with E-state index in [1.165, 1.54) is 0 Å². The fourth-order valence-corrected chi connectivity index (χ4v) is 2.11. The van der Waals surface area contributed by atoms with Crippen molar-refractivity contribution in [3.8, 4) is 17.0 Å². The zero-order valence-electron chi connectivity index (χ0n) is 10.6. The van der Waals surface area contributed by atoms with Gasteiger partial charge in [-0.2, -0.15) is 0 Å². The Morgan fingerprint density at radius 2 is 2.16 bits per heavy atom. The molecule has 1 aliphatic heterocycles. The molecule has 1 aromatic heterocycles. The van der Waals surface area contributed by atoms with Gasteiger partial charge in [0.25, 0.3) is 5.91 Å².